The molecular formula is C16H13N3S. The van der Waals surface area contributed by atoms with Crippen molar-refractivity contribution in [1.82, 2.24) is 4.98 Å². The molecule has 0 fully saturated rings. The number of nitrogens with one attached hydrogen (secondary N) is 1. The second-order valence-electron chi connectivity index (χ2n) is 4.47. The highest BCUT2D eigenvalue weighted by Crippen LogP contribution is 2.32. The number of aromatic nitrogens is 1. The molecule has 98 valence electrons. The van der Waals surface area contributed by atoms with E-state index in [2.05, 4.69) is 23.2 Å². The van der Waals surface area contributed by atoms with Crippen LogP contribution >= 0.6 is 11.8 Å². The average molecular weight is 279 g/mol. The molecule has 0 saturated carbocycles. The first-order valence-corrected chi connectivity index (χ1v) is 7.10. The van der Waals surface area contributed by atoms with E-state index in [4.69, 9.17) is 5.73 Å². The lowest BCUT2D eigenvalue weighted by atomic mass is 10.1. The van der Waals surface area contributed by atoms with Crippen molar-refractivity contribution in [2.75, 3.05) is 0 Å². The normalized spacial score (nSPS) is 10.6. The van der Waals surface area contributed by atoms with Crippen LogP contribution in [0.1, 0.15) is 11.1 Å². The summed E-state index contributed by atoms with van der Waals surface area (Å²) in [7, 11) is 0. The van der Waals surface area contributed by atoms with Crippen molar-refractivity contribution in [3.8, 4) is 6.07 Å². The molecule has 0 unspecified atom stereocenters. The number of benzene rings is 2. The van der Waals surface area contributed by atoms with Gasteiger partial charge in [-0.25, -0.2) is 0 Å². The lowest BCUT2D eigenvalue weighted by Gasteiger charge is -2.04. The Labute approximate surface area is 121 Å². The van der Waals surface area contributed by atoms with Gasteiger partial charge < -0.3 is 10.7 Å². The highest BCUT2D eigenvalue weighted by molar-refractivity contribution is 7.99. The number of hydrogen-bond donors (Lipinski definition) is 2. The van der Waals surface area contributed by atoms with Crippen LogP contribution in [-0.2, 0) is 6.54 Å². The largest absolute Gasteiger partial charge is 0.349 e. The lowest BCUT2D eigenvalue weighted by molar-refractivity contribution is 1.06. The van der Waals surface area contributed by atoms with Crippen molar-refractivity contribution in [3.05, 3.63) is 59.7 Å². The number of rotatable bonds is 3. The average Bonchev–Trinajstić information content (AvgIpc) is 2.90. The van der Waals surface area contributed by atoms with Gasteiger partial charge in [-0.2, -0.15) is 5.26 Å². The summed E-state index contributed by atoms with van der Waals surface area (Å²) in [5.74, 6) is 0. The summed E-state index contributed by atoms with van der Waals surface area (Å²) in [5, 5.41) is 11.4. The molecule has 0 bridgehead atoms. The number of nitrogens with zero attached hydrogens (tertiary/aromatic N) is 1. The summed E-state index contributed by atoms with van der Waals surface area (Å²) >= 11 is 1.56. The molecule has 0 aliphatic carbocycles. The fourth-order valence-corrected chi connectivity index (χ4v) is 3.04. The minimum atomic E-state index is 0.450. The van der Waals surface area contributed by atoms with E-state index in [9.17, 15) is 5.26 Å². The molecule has 4 heteroatoms. The van der Waals surface area contributed by atoms with Crippen LogP contribution in [0.3, 0.4) is 0 Å². The first-order chi connectivity index (χ1) is 9.80. The zero-order chi connectivity index (χ0) is 13.9. The Balaban J connectivity index is 1.96. The highest BCUT2D eigenvalue weighted by Gasteiger charge is 2.07. The highest BCUT2D eigenvalue weighted by atomic mass is 32.2. The number of nitrogens with two attached hydrogens (primary N) is 1. The molecule has 0 aliphatic heterocycles. The molecule has 3 nitrogen and oxygen atoms in total. The Kier molecular flexibility index (Phi) is 3.46. The molecule has 3 rings (SSSR count). The summed E-state index contributed by atoms with van der Waals surface area (Å²) in [6.45, 7) is 0.450. The van der Waals surface area contributed by atoms with Crippen LogP contribution in [-0.4, -0.2) is 4.98 Å². The van der Waals surface area contributed by atoms with Crippen molar-refractivity contribution in [2.45, 2.75) is 16.5 Å². The van der Waals surface area contributed by atoms with Crippen molar-refractivity contribution in [1.29, 1.82) is 5.26 Å². The molecule has 0 saturated heterocycles. The predicted molar refractivity (Wildman–Crippen MR) is 81.5 cm³/mol. The van der Waals surface area contributed by atoms with Gasteiger partial charge in [0, 0.05) is 22.3 Å². The van der Waals surface area contributed by atoms with Crippen LogP contribution in [0.4, 0.5) is 0 Å². The Morgan fingerprint density at radius 1 is 1.15 bits per heavy atom. The van der Waals surface area contributed by atoms with E-state index in [-0.39, 0.29) is 0 Å². The summed E-state index contributed by atoms with van der Waals surface area (Å²) in [5.41, 5.74) is 8.35. The van der Waals surface area contributed by atoms with Gasteiger partial charge in [-0.3, -0.25) is 0 Å². The van der Waals surface area contributed by atoms with Gasteiger partial charge in [-0.05, 0) is 29.8 Å². The second kappa shape index (κ2) is 5.41. The maximum atomic E-state index is 9.24. The summed E-state index contributed by atoms with van der Waals surface area (Å²) in [6, 6.07) is 18.2. The SMILES string of the molecule is N#Cc1cc(CN)ccc1Sc1cc2ccccc2[nH]1. The van der Waals surface area contributed by atoms with Crippen molar-refractivity contribution in [3.63, 3.8) is 0 Å². The van der Waals surface area contributed by atoms with E-state index in [0.717, 1.165) is 21.0 Å². The smallest absolute Gasteiger partial charge is 0.100 e. The van der Waals surface area contributed by atoms with E-state index in [1.807, 2.05) is 36.4 Å². The van der Waals surface area contributed by atoms with Crippen LogP contribution in [0.2, 0.25) is 0 Å². The molecule has 3 N–H and O–H groups in total. The van der Waals surface area contributed by atoms with Crippen molar-refractivity contribution < 1.29 is 0 Å². The Morgan fingerprint density at radius 2 is 2.00 bits per heavy atom. The van der Waals surface area contributed by atoms with E-state index < -0.39 is 0 Å². The van der Waals surface area contributed by atoms with Crippen LogP contribution in [0.15, 0.2) is 58.5 Å². The topological polar surface area (TPSA) is 65.6 Å². The van der Waals surface area contributed by atoms with Gasteiger partial charge in [0.15, 0.2) is 0 Å². The molecule has 0 radical (unpaired) electrons. The zero-order valence-electron chi connectivity index (χ0n) is 10.8. The molecule has 0 amide bonds. The number of hydrogen-bond acceptors (Lipinski definition) is 3. The first-order valence-electron chi connectivity index (χ1n) is 6.29. The fraction of sp³-hybridized carbons (Fsp3) is 0.0625. The molecule has 0 spiro atoms. The molecule has 3 aromatic rings. The maximum absolute atomic E-state index is 9.24. The molecule has 20 heavy (non-hydrogen) atoms. The number of H-pyrrole nitrogens is 1. The standard InChI is InChI=1S/C16H13N3S/c17-9-11-5-6-15(13(7-11)10-18)20-16-8-12-3-1-2-4-14(12)19-16/h1-8,19H,9,17H2. The number of para-hydroxylation sites is 1. The van der Waals surface area contributed by atoms with Crippen LogP contribution < -0.4 is 5.73 Å². The lowest BCUT2D eigenvalue weighted by Crippen LogP contribution is -1.96. The molecule has 0 aliphatic rings. The van der Waals surface area contributed by atoms with Crippen LogP contribution in [0.5, 0.6) is 0 Å². The van der Waals surface area contributed by atoms with E-state index >= 15 is 0 Å². The van der Waals surface area contributed by atoms with Crippen molar-refractivity contribution in [2.24, 2.45) is 5.73 Å². The minimum absolute atomic E-state index is 0.450. The number of fused-ring (bicyclic) bond motifs is 1. The number of nitriles is 1. The van der Waals surface area contributed by atoms with E-state index in [0.29, 0.717) is 12.1 Å². The summed E-state index contributed by atoms with van der Waals surface area (Å²) < 4.78 is 0. The summed E-state index contributed by atoms with van der Waals surface area (Å²) in [6.07, 6.45) is 0. The molecule has 1 aromatic heterocycles. The maximum Gasteiger partial charge on any atom is 0.100 e. The Bertz CT molecular complexity index is 766. The summed E-state index contributed by atoms with van der Waals surface area (Å²) in [4.78, 5) is 4.29. The van der Waals surface area contributed by atoms with Gasteiger partial charge >= 0.3 is 0 Å². The molecule has 0 atom stereocenters. The van der Waals surface area contributed by atoms with Gasteiger partial charge in [0.1, 0.15) is 6.07 Å². The van der Waals surface area contributed by atoms with Gasteiger partial charge in [0.2, 0.25) is 0 Å². The second-order valence-corrected chi connectivity index (χ2v) is 5.55. The minimum Gasteiger partial charge on any atom is -0.349 e. The van der Waals surface area contributed by atoms with Gasteiger partial charge in [0.05, 0.1) is 10.6 Å². The Morgan fingerprint density at radius 3 is 2.75 bits per heavy atom. The molecule has 2 aromatic carbocycles. The monoisotopic (exact) mass is 279 g/mol. The van der Waals surface area contributed by atoms with Crippen molar-refractivity contribution >= 4 is 22.7 Å². The van der Waals surface area contributed by atoms with Crippen LogP contribution in [0, 0.1) is 11.3 Å². The van der Waals surface area contributed by atoms with Gasteiger partial charge in [0.25, 0.3) is 0 Å². The van der Waals surface area contributed by atoms with Crippen LogP contribution in [0.25, 0.3) is 10.9 Å². The first kappa shape index (κ1) is 12.8. The molecular weight excluding hydrogens is 266 g/mol. The fourth-order valence-electron chi connectivity index (χ4n) is 2.10. The third kappa shape index (κ3) is 2.42. The third-order valence-corrected chi connectivity index (χ3v) is 4.14. The quantitative estimate of drug-likeness (QED) is 0.769. The predicted octanol–water partition coefficient (Wildman–Crippen LogP) is 3.65. The Hall–Kier alpha value is -2.22. The van der Waals surface area contributed by atoms with E-state index in [1.54, 1.807) is 11.8 Å². The van der Waals surface area contributed by atoms with E-state index in [1.165, 1.54) is 5.39 Å². The number of aromatic amines is 1. The third-order valence-electron chi connectivity index (χ3n) is 3.13. The molecule has 1 heterocycles. The van der Waals surface area contributed by atoms with Gasteiger partial charge in [-0.15, -0.1) is 0 Å². The zero-order valence-corrected chi connectivity index (χ0v) is 11.6. The van der Waals surface area contributed by atoms with Gasteiger partial charge in [-0.1, -0.05) is 36.0 Å².